The third-order valence-corrected chi connectivity index (χ3v) is 4.05. The Morgan fingerprint density at radius 3 is 2.52 bits per heavy atom. The van der Waals surface area contributed by atoms with Crippen molar-refractivity contribution in [3.63, 3.8) is 0 Å². The monoisotopic (exact) mass is 362 g/mol. The van der Waals surface area contributed by atoms with Crippen LogP contribution in [-0.4, -0.2) is 34.7 Å². The Kier molecular flexibility index (Phi) is 5.66. The molecular formula is C21H22N4O2. The van der Waals surface area contributed by atoms with Crippen molar-refractivity contribution in [3.05, 3.63) is 71.9 Å². The number of hydrogen-bond donors (Lipinski definition) is 2. The number of aromatic nitrogens is 2. The van der Waals surface area contributed by atoms with Gasteiger partial charge in [-0.1, -0.05) is 42.0 Å². The number of amides is 2. The number of nitrogens with zero attached hydrogens (tertiary/aromatic N) is 2. The van der Waals surface area contributed by atoms with Gasteiger partial charge in [0.05, 0.1) is 17.8 Å². The minimum absolute atomic E-state index is 0.0730. The zero-order chi connectivity index (χ0) is 19.2. The first kappa shape index (κ1) is 18.4. The lowest BCUT2D eigenvalue weighted by molar-refractivity contribution is -0.120. The zero-order valence-electron chi connectivity index (χ0n) is 15.4. The summed E-state index contributed by atoms with van der Waals surface area (Å²) in [6, 6.07) is 17.4. The molecule has 0 bridgehead atoms. The zero-order valence-corrected chi connectivity index (χ0v) is 15.4. The van der Waals surface area contributed by atoms with Gasteiger partial charge in [0, 0.05) is 18.3 Å². The molecular weight excluding hydrogens is 340 g/mol. The topological polar surface area (TPSA) is 76.0 Å². The minimum atomic E-state index is -0.333. The van der Waals surface area contributed by atoms with Gasteiger partial charge in [-0.15, -0.1) is 0 Å². The summed E-state index contributed by atoms with van der Waals surface area (Å²) < 4.78 is 1.68. The fourth-order valence-corrected chi connectivity index (χ4v) is 2.77. The van der Waals surface area contributed by atoms with Gasteiger partial charge in [0.15, 0.2) is 0 Å². The second-order valence-corrected chi connectivity index (χ2v) is 6.18. The smallest absolute Gasteiger partial charge is 0.255 e. The average Bonchev–Trinajstić information content (AvgIpc) is 3.13. The lowest BCUT2D eigenvalue weighted by Gasteiger charge is -2.06. The molecule has 0 fully saturated rings. The van der Waals surface area contributed by atoms with Crippen LogP contribution in [0.2, 0.25) is 0 Å². The van der Waals surface area contributed by atoms with E-state index < -0.39 is 0 Å². The van der Waals surface area contributed by atoms with Crippen LogP contribution in [0.1, 0.15) is 22.8 Å². The summed E-state index contributed by atoms with van der Waals surface area (Å²) in [5, 5.41) is 9.96. The molecule has 0 aliphatic rings. The highest BCUT2D eigenvalue weighted by atomic mass is 16.2. The SMILES string of the molecule is CCNC(=O)CNC(=O)c1cn(-c2ccccc2)nc1-c1cccc(C)c1. The molecule has 0 aliphatic carbocycles. The van der Waals surface area contributed by atoms with Gasteiger partial charge in [0.2, 0.25) is 5.91 Å². The number of rotatable bonds is 6. The van der Waals surface area contributed by atoms with Crippen LogP contribution in [0.5, 0.6) is 0 Å². The van der Waals surface area contributed by atoms with E-state index in [0.717, 1.165) is 16.8 Å². The van der Waals surface area contributed by atoms with Crippen molar-refractivity contribution < 1.29 is 9.59 Å². The van der Waals surface area contributed by atoms with Crippen LogP contribution >= 0.6 is 0 Å². The molecule has 0 atom stereocenters. The first-order valence-electron chi connectivity index (χ1n) is 8.85. The Balaban J connectivity index is 1.96. The molecule has 2 N–H and O–H groups in total. The van der Waals surface area contributed by atoms with Crippen molar-refractivity contribution in [1.82, 2.24) is 20.4 Å². The number of para-hydroxylation sites is 1. The molecule has 0 saturated heterocycles. The maximum absolute atomic E-state index is 12.7. The molecule has 1 aromatic heterocycles. The number of likely N-dealkylation sites (N-methyl/N-ethyl adjacent to an activating group) is 1. The summed E-state index contributed by atoms with van der Waals surface area (Å²) in [5.41, 5.74) is 3.79. The summed E-state index contributed by atoms with van der Waals surface area (Å²) in [7, 11) is 0. The van der Waals surface area contributed by atoms with Crippen LogP contribution < -0.4 is 10.6 Å². The largest absolute Gasteiger partial charge is 0.355 e. The lowest BCUT2D eigenvalue weighted by Crippen LogP contribution is -2.36. The molecule has 0 unspecified atom stereocenters. The summed E-state index contributed by atoms with van der Waals surface area (Å²) in [4.78, 5) is 24.4. The van der Waals surface area contributed by atoms with E-state index >= 15 is 0 Å². The highest BCUT2D eigenvalue weighted by Gasteiger charge is 2.19. The van der Waals surface area contributed by atoms with E-state index in [9.17, 15) is 9.59 Å². The fraction of sp³-hybridized carbons (Fsp3) is 0.190. The molecule has 1 heterocycles. The molecule has 2 amide bonds. The van der Waals surface area contributed by atoms with Crippen LogP contribution in [0, 0.1) is 6.92 Å². The molecule has 138 valence electrons. The third-order valence-electron chi connectivity index (χ3n) is 4.05. The predicted molar refractivity (Wildman–Crippen MR) is 105 cm³/mol. The molecule has 3 rings (SSSR count). The first-order chi connectivity index (χ1) is 13.1. The standard InChI is InChI=1S/C21H22N4O2/c1-3-22-19(26)13-23-21(27)18-14-25(17-10-5-4-6-11-17)24-20(18)16-9-7-8-15(2)12-16/h4-12,14H,3,13H2,1-2H3,(H,22,26)(H,23,27). The highest BCUT2D eigenvalue weighted by molar-refractivity contribution is 6.01. The molecule has 0 radical (unpaired) electrons. The number of carbonyl (C=O) groups excluding carboxylic acids is 2. The number of aryl methyl sites for hydroxylation is 1. The van der Waals surface area contributed by atoms with Crippen LogP contribution in [0.4, 0.5) is 0 Å². The van der Waals surface area contributed by atoms with Crippen LogP contribution in [0.15, 0.2) is 60.8 Å². The lowest BCUT2D eigenvalue weighted by atomic mass is 10.1. The summed E-state index contributed by atoms with van der Waals surface area (Å²) in [6.07, 6.45) is 1.69. The summed E-state index contributed by atoms with van der Waals surface area (Å²) in [6.45, 7) is 4.28. The molecule has 0 saturated carbocycles. The van der Waals surface area contributed by atoms with Gasteiger partial charge >= 0.3 is 0 Å². The Hall–Kier alpha value is -3.41. The van der Waals surface area contributed by atoms with E-state index in [4.69, 9.17) is 0 Å². The van der Waals surface area contributed by atoms with Crippen molar-refractivity contribution in [3.8, 4) is 16.9 Å². The van der Waals surface area contributed by atoms with Crippen molar-refractivity contribution >= 4 is 11.8 Å². The van der Waals surface area contributed by atoms with Gasteiger partial charge in [-0.25, -0.2) is 4.68 Å². The Morgan fingerprint density at radius 1 is 1.04 bits per heavy atom. The van der Waals surface area contributed by atoms with Gasteiger partial charge in [-0.3, -0.25) is 9.59 Å². The molecule has 6 heteroatoms. The van der Waals surface area contributed by atoms with Crippen LogP contribution in [-0.2, 0) is 4.79 Å². The van der Waals surface area contributed by atoms with Gasteiger partial charge in [-0.2, -0.15) is 5.10 Å². The number of benzene rings is 2. The first-order valence-corrected chi connectivity index (χ1v) is 8.85. The number of hydrogen-bond acceptors (Lipinski definition) is 3. The van der Waals surface area contributed by atoms with Gasteiger partial charge in [-0.05, 0) is 32.0 Å². The quantitative estimate of drug-likeness (QED) is 0.708. The van der Waals surface area contributed by atoms with E-state index in [0.29, 0.717) is 17.8 Å². The Morgan fingerprint density at radius 2 is 1.81 bits per heavy atom. The summed E-state index contributed by atoms with van der Waals surface area (Å²) in [5.74, 6) is -0.557. The predicted octanol–water partition coefficient (Wildman–Crippen LogP) is 2.71. The highest BCUT2D eigenvalue weighted by Crippen LogP contribution is 2.24. The molecule has 0 spiro atoms. The van der Waals surface area contributed by atoms with Gasteiger partial charge in [0.1, 0.15) is 5.69 Å². The Labute approximate surface area is 158 Å². The number of nitrogens with one attached hydrogen (secondary N) is 2. The minimum Gasteiger partial charge on any atom is -0.355 e. The molecule has 2 aromatic carbocycles. The van der Waals surface area contributed by atoms with Gasteiger partial charge in [0.25, 0.3) is 5.91 Å². The van der Waals surface area contributed by atoms with Crippen molar-refractivity contribution in [2.75, 3.05) is 13.1 Å². The van der Waals surface area contributed by atoms with E-state index in [1.807, 2.05) is 68.4 Å². The van der Waals surface area contributed by atoms with E-state index in [1.165, 1.54) is 0 Å². The molecule has 27 heavy (non-hydrogen) atoms. The van der Waals surface area contributed by atoms with Gasteiger partial charge < -0.3 is 10.6 Å². The second kappa shape index (κ2) is 8.31. The second-order valence-electron chi connectivity index (χ2n) is 6.18. The van der Waals surface area contributed by atoms with Crippen molar-refractivity contribution in [2.45, 2.75) is 13.8 Å². The third kappa shape index (κ3) is 4.41. The van der Waals surface area contributed by atoms with Crippen molar-refractivity contribution in [2.24, 2.45) is 0 Å². The van der Waals surface area contributed by atoms with E-state index in [2.05, 4.69) is 15.7 Å². The van der Waals surface area contributed by atoms with E-state index in [1.54, 1.807) is 10.9 Å². The van der Waals surface area contributed by atoms with E-state index in [-0.39, 0.29) is 18.4 Å². The molecule has 6 nitrogen and oxygen atoms in total. The molecule has 3 aromatic rings. The van der Waals surface area contributed by atoms with Crippen LogP contribution in [0.25, 0.3) is 16.9 Å². The maximum Gasteiger partial charge on any atom is 0.255 e. The molecule has 0 aliphatic heterocycles. The Bertz CT molecular complexity index is 948. The maximum atomic E-state index is 12.7. The summed E-state index contributed by atoms with van der Waals surface area (Å²) >= 11 is 0. The number of carbonyl (C=O) groups is 2. The average molecular weight is 362 g/mol. The normalized spacial score (nSPS) is 10.4. The van der Waals surface area contributed by atoms with Crippen LogP contribution in [0.3, 0.4) is 0 Å². The fourth-order valence-electron chi connectivity index (χ4n) is 2.77. The van der Waals surface area contributed by atoms with Crippen molar-refractivity contribution in [1.29, 1.82) is 0 Å².